The largest absolute Gasteiger partial charge is 0.481 e. The molecule has 13 heteroatoms. The van der Waals surface area contributed by atoms with Crippen molar-refractivity contribution in [2.75, 3.05) is 5.75 Å². The molecule has 4 atom stereocenters. The number of hydrogen-bond acceptors (Lipinski definition) is 7. The summed E-state index contributed by atoms with van der Waals surface area (Å²) in [6, 6.07) is 11.3. The maximum absolute atomic E-state index is 13.3. The summed E-state index contributed by atoms with van der Waals surface area (Å²) >= 11 is 4.07. The summed E-state index contributed by atoms with van der Waals surface area (Å²) < 4.78 is 0. The van der Waals surface area contributed by atoms with Gasteiger partial charge in [-0.1, -0.05) is 48.5 Å². The highest BCUT2D eigenvalue weighted by molar-refractivity contribution is 7.80. The molecule has 12 nitrogen and oxygen atoms in total. The molecule has 40 heavy (non-hydrogen) atoms. The second kappa shape index (κ2) is 14.1. The molecule has 3 aromatic rings. The molecule has 8 N–H and O–H groups in total. The van der Waals surface area contributed by atoms with Gasteiger partial charge in [-0.05, 0) is 23.6 Å². The van der Waals surface area contributed by atoms with Crippen LogP contribution in [0.2, 0.25) is 0 Å². The number of nitrogens with one attached hydrogen (secondary N) is 4. The number of fused-ring (bicyclic) bond motifs is 1. The van der Waals surface area contributed by atoms with Crippen molar-refractivity contribution in [2.45, 2.75) is 43.4 Å². The first kappa shape index (κ1) is 30.2. The van der Waals surface area contributed by atoms with Crippen LogP contribution in [0.15, 0.2) is 60.8 Å². The molecular weight excluding hydrogens is 538 g/mol. The van der Waals surface area contributed by atoms with Gasteiger partial charge in [0.15, 0.2) is 0 Å². The number of aromatic nitrogens is 1. The Bertz CT molecular complexity index is 1360. The Kier molecular flexibility index (Phi) is 10.7. The predicted molar refractivity (Wildman–Crippen MR) is 150 cm³/mol. The molecule has 0 saturated carbocycles. The van der Waals surface area contributed by atoms with Gasteiger partial charge in [0.25, 0.3) is 0 Å². The molecule has 0 aliphatic rings. The summed E-state index contributed by atoms with van der Waals surface area (Å²) in [6.07, 6.45) is 1.21. The third-order valence-electron chi connectivity index (χ3n) is 6.18. The molecule has 0 saturated heterocycles. The molecule has 1 heterocycles. The fourth-order valence-corrected chi connectivity index (χ4v) is 4.34. The number of para-hydroxylation sites is 1. The van der Waals surface area contributed by atoms with Crippen LogP contribution in [0.25, 0.3) is 10.9 Å². The molecule has 3 amide bonds. The van der Waals surface area contributed by atoms with Gasteiger partial charge in [0.1, 0.15) is 18.1 Å². The van der Waals surface area contributed by atoms with Crippen molar-refractivity contribution < 1.29 is 34.2 Å². The summed E-state index contributed by atoms with van der Waals surface area (Å²) in [6.45, 7) is 0. The Hall–Kier alpha value is -4.36. The molecule has 0 radical (unpaired) electrons. The number of H-pyrrole nitrogens is 1. The van der Waals surface area contributed by atoms with Gasteiger partial charge >= 0.3 is 11.9 Å². The van der Waals surface area contributed by atoms with Gasteiger partial charge in [-0.2, -0.15) is 12.6 Å². The van der Waals surface area contributed by atoms with Crippen molar-refractivity contribution >= 4 is 53.2 Å². The number of aliphatic carboxylic acids is 2. The maximum Gasteiger partial charge on any atom is 0.326 e. The predicted octanol–water partition coefficient (Wildman–Crippen LogP) is 0.224. The van der Waals surface area contributed by atoms with E-state index < -0.39 is 60.2 Å². The van der Waals surface area contributed by atoms with Crippen molar-refractivity contribution in [3.8, 4) is 0 Å². The minimum atomic E-state index is -1.70. The molecule has 0 bridgehead atoms. The maximum atomic E-state index is 13.3. The lowest BCUT2D eigenvalue weighted by Crippen LogP contribution is -2.58. The molecule has 212 valence electrons. The van der Waals surface area contributed by atoms with E-state index in [4.69, 9.17) is 10.8 Å². The standard InChI is InChI=1S/C27H31N5O7S/c28-18(11-16-13-29-19-9-5-4-8-17(16)19)24(35)30-20(10-15-6-2-1-3-7-15)25(36)32-22(14-40)26(37)31-21(27(38)39)12-23(33)34/h1-9,13,18,20-22,29,40H,10-12,14,28H2,(H,30,35)(H,31,37)(H,32,36)(H,33,34)(H,38,39). The molecule has 0 spiro atoms. The molecule has 4 unspecified atom stereocenters. The summed E-state index contributed by atoms with van der Waals surface area (Å²) in [7, 11) is 0. The summed E-state index contributed by atoms with van der Waals surface area (Å²) in [5.41, 5.74) is 8.67. The molecule has 2 aromatic carbocycles. The molecule has 1 aromatic heterocycles. The number of hydrogen-bond donors (Lipinski definition) is 8. The van der Waals surface area contributed by atoms with Crippen molar-refractivity contribution in [1.29, 1.82) is 0 Å². The number of benzene rings is 2. The molecule has 3 rings (SSSR count). The van der Waals surface area contributed by atoms with Crippen LogP contribution in [-0.4, -0.2) is 74.8 Å². The van der Waals surface area contributed by atoms with Gasteiger partial charge in [0.05, 0.1) is 12.5 Å². The Morgan fingerprint density at radius 3 is 2.05 bits per heavy atom. The second-order valence-corrected chi connectivity index (χ2v) is 9.53. The minimum Gasteiger partial charge on any atom is -0.481 e. The van der Waals surface area contributed by atoms with E-state index >= 15 is 0 Å². The van der Waals surface area contributed by atoms with Gasteiger partial charge in [-0.25, -0.2) is 4.79 Å². The minimum absolute atomic E-state index is 0.0793. The van der Waals surface area contributed by atoms with E-state index in [9.17, 15) is 29.1 Å². The second-order valence-electron chi connectivity index (χ2n) is 9.16. The first-order valence-electron chi connectivity index (χ1n) is 12.4. The smallest absolute Gasteiger partial charge is 0.326 e. The third-order valence-corrected chi connectivity index (χ3v) is 6.54. The van der Waals surface area contributed by atoms with E-state index in [2.05, 4.69) is 33.6 Å². The van der Waals surface area contributed by atoms with Crippen molar-refractivity contribution in [2.24, 2.45) is 5.73 Å². The number of carboxylic acids is 2. The number of thiol groups is 1. The third kappa shape index (κ3) is 8.32. The Balaban J connectivity index is 1.72. The highest BCUT2D eigenvalue weighted by Gasteiger charge is 2.31. The Morgan fingerprint density at radius 2 is 1.40 bits per heavy atom. The molecule has 0 aliphatic heterocycles. The van der Waals surface area contributed by atoms with Crippen LogP contribution in [0, 0.1) is 0 Å². The van der Waals surface area contributed by atoms with Gasteiger partial charge in [0, 0.05) is 29.3 Å². The highest BCUT2D eigenvalue weighted by atomic mass is 32.1. The van der Waals surface area contributed by atoms with E-state index in [1.54, 1.807) is 36.5 Å². The number of carbonyl (C=O) groups excluding carboxylic acids is 3. The number of aromatic amines is 1. The SMILES string of the molecule is NC(Cc1c[nH]c2ccccc12)C(=O)NC(Cc1ccccc1)C(=O)NC(CS)C(=O)NC(CC(=O)O)C(=O)O. The first-order chi connectivity index (χ1) is 19.1. The summed E-state index contributed by atoms with van der Waals surface area (Å²) in [5, 5.41) is 26.3. The lowest BCUT2D eigenvalue weighted by atomic mass is 10.0. The van der Waals surface area contributed by atoms with E-state index in [0.29, 0.717) is 0 Å². The normalized spacial score (nSPS) is 13.9. The van der Waals surface area contributed by atoms with Gasteiger partial charge in [-0.15, -0.1) is 0 Å². The van der Waals surface area contributed by atoms with Crippen LogP contribution in [0.4, 0.5) is 0 Å². The van der Waals surface area contributed by atoms with Crippen LogP contribution in [-0.2, 0) is 36.8 Å². The monoisotopic (exact) mass is 569 g/mol. The number of carboxylic acid groups (broad SMARTS) is 2. The van der Waals surface area contributed by atoms with Crippen molar-refractivity contribution in [3.63, 3.8) is 0 Å². The Labute approximate surface area is 235 Å². The van der Waals surface area contributed by atoms with E-state index in [1.807, 2.05) is 24.3 Å². The number of nitrogens with two attached hydrogens (primary N) is 1. The Morgan fingerprint density at radius 1 is 0.800 bits per heavy atom. The van der Waals surface area contributed by atoms with Crippen molar-refractivity contribution in [1.82, 2.24) is 20.9 Å². The zero-order valence-electron chi connectivity index (χ0n) is 21.4. The first-order valence-corrected chi connectivity index (χ1v) is 13.0. The van der Waals surface area contributed by atoms with Gasteiger partial charge in [-0.3, -0.25) is 19.2 Å². The average molecular weight is 570 g/mol. The molecule has 0 aliphatic carbocycles. The molecular formula is C27H31N5O7S. The fourth-order valence-electron chi connectivity index (χ4n) is 4.08. The zero-order chi connectivity index (χ0) is 29.2. The van der Waals surface area contributed by atoms with Crippen LogP contribution >= 0.6 is 12.6 Å². The topological polar surface area (TPSA) is 204 Å². The highest BCUT2D eigenvalue weighted by Crippen LogP contribution is 2.19. The van der Waals surface area contributed by atoms with Crippen LogP contribution in [0.5, 0.6) is 0 Å². The summed E-state index contributed by atoms with van der Waals surface area (Å²) in [5.74, 6) is -5.43. The fraction of sp³-hybridized carbons (Fsp3) is 0.296. The van der Waals surface area contributed by atoms with E-state index in [1.165, 1.54) is 0 Å². The number of rotatable bonds is 14. The van der Waals surface area contributed by atoms with E-state index in [0.717, 1.165) is 22.0 Å². The van der Waals surface area contributed by atoms with E-state index in [-0.39, 0.29) is 18.6 Å². The summed E-state index contributed by atoms with van der Waals surface area (Å²) in [4.78, 5) is 64.4. The quantitative estimate of drug-likeness (QED) is 0.126. The van der Waals surface area contributed by atoms with Crippen LogP contribution < -0.4 is 21.7 Å². The van der Waals surface area contributed by atoms with Gasteiger partial charge < -0.3 is 36.9 Å². The average Bonchev–Trinajstić information content (AvgIpc) is 3.33. The van der Waals surface area contributed by atoms with Gasteiger partial charge in [0.2, 0.25) is 17.7 Å². The van der Waals surface area contributed by atoms with Crippen LogP contribution in [0.3, 0.4) is 0 Å². The zero-order valence-corrected chi connectivity index (χ0v) is 22.3. The lowest BCUT2D eigenvalue weighted by molar-refractivity contribution is -0.147. The number of carbonyl (C=O) groups is 5. The lowest BCUT2D eigenvalue weighted by Gasteiger charge is -2.24. The molecule has 0 fully saturated rings. The van der Waals surface area contributed by atoms with Crippen molar-refractivity contribution in [3.05, 3.63) is 71.9 Å². The number of amides is 3. The van der Waals surface area contributed by atoms with Crippen LogP contribution in [0.1, 0.15) is 17.5 Å².